The van der Waals surface area contributed by atoms with Crippen LogP contribution in [0.3, 0.4) is 0 Å². The molecular weight excluding hydrogens is 312 g/mol. The van der Waals surface area contributed by atoms with E-state index in [-0.39, 0.29) is 11.5 Å². The van der Waals surface area contributed by atoms with E-state index in [1.165, 1.54) is 6.26 Å². The molecule has 0 saturated carbocycles. The smallest absolute Gasteiger partial charge is 0.175 e. The standard InChI is InChI=1S/C17H16N2O3S/c1-23(21,22)14-9-7-13(8-10-14)17-16(15(11-20)18-19-17)12-5-3-2-4-6-12/h2-10,20H,11H2,1H3,(H,18,19). The van der Waals surface area contributed by atoms with Gasteiger partial charge in [-0.1, -0.05) is 42.5 Å². The zero-order chi connectivity index (χ0) is 16.4. The predicted molar refractivity (Wildman–Crippen MR) is 88.5 cm³/mol. The van der Waals surface area contributed by atoms with Crippen LogP contribution in [0, 0.1) is 0 Å². The Morgan fingerprint density at radius 1 is 1.00 bits per heavy atom. The van der Waals surface area contributed by atoms with Crippen LogP contribution in [0.25, 0.3) is 22.4 Å². The molecule has 2 aromatic carbocycles. The van der Waals surface area contributed by atoms with Crippen molar-refractivity contribution in [1.29, 1.82) is 0 Å². The summed E-state index contributed by atoms with van der Waals surface area (Å²) in [6.07, 6.45) is 1.18. The van der Waals surface area contributed by atoms with Gasteiger partial charge in [-0.2, -0.15) is 5.10 Å². The van der Waals surface area contributed by atoms with Crippen molar-refractivity contribution in [3.05, 3.63) is 60.3 Å². The number of aliphatic hydroxyl groups is 1. The van der Waals surface area contributed by atoms with Gasteiger partial charge in [0.1, 0.15) is 5.69 Å². The molecule has 5 nitrogen and oxygen atoms in total. The van der Waals surface area contributed by atoms with Gasteiger partial charge in [0.05, 0.1) is 17.2 Å². The second-order valence-corrected chi connectivity index (χ2v) is 7.26. The van der Waals surface area contributed by atoms with Crippen LogP contribution < -0.4 is 0 Å². The molecule has 0 unspecified atom stereocenters. The van der Waals surface area contributed by atoms with E-state index in [2.05, 4.69) is 10.2 Å². The number of H-pyrrole nitrogens is 1. The minimum atomic E-state index is -3.23. The Kier molecular flexibility index (Phi) is 4.02. The SMILES string of the molecule is CS(=O)(=O)c1ccc(-c2n[nH]c(CO)c2-c2ccccc2)cc1. The average Bonchev–Trinajstić information content (AvgIpc) is 2.99. The number of aromatic amines is 1. The Balaban J connectivity index is 2.13. The van der Waals surface area contributed by atoms with Crippen molar-refractivity contribution in [2.45, 2.75) is 11.5 Å². The number of nitrogens with zero attached hydrogens (tertiary/aromatic N) is 1. The molecule has 118 valence electrons. The Hall–Kier alpha value is -2.44. The molecule has 2 N–H and O–H groups in total. The third-order valence-electron chi connectivity index (χ3n) is 3.62. The fourth-order valence-corrected chi connectivity index (χ4v) is 3.11. The molecule has 0 radical (unpaired) electrons. The normalized spacial score (nSPS) is 11.6. The number of nitrogens with one attached hydrogen (secondary N) is 1. The lowest BCUT2D eigenvalue weighted by Gasteiger charge is -2.06. The summed E-state index contributed by atoms with van der Waals surface area (Å²) in [5.41, 5.74) is 3.85. The Morgan fingerprint density at radius 3 is 2.22 bits per heavy atom. The molecule has 1 aromatic heterocycles. The minimum Gasteiger partial charge on any atom is -0.390 e. The molecule has 0 aliphatic carbocycles. The highest BCUT2D eigenvalue weighted by atomic mass is 32.2. The van der Waals surface area contributed by atoms with E-state index in [1.807, 2.05) is 30.3 Å². The average molecular weight is 328 g/mol. The van der Waals surface area contributed by atoms with Gasteiger partial charge < -0.3 is 5.11 Å². The summed E-state index contributed by atoms with van der Waals surface area (Å²) in [5, 5.41) is 16.7. The van der Waals surface area contributed by atoms with Gasteiger partial charge in [0.25, 0.3) is 0 Å². The van der Waals surface area contributed by atoms with Gasteiger partial charge in [0.2, 0.25) is 0 Å². The monoisotopic (exact) mass is 328 g/mol. The van der Waals surface area contributed by atoms with Crippen molar-refractivity contribution in [1.82, 2.24) is 10.2 Å². The summed E-state index contributed by atoms with van der Waals surface area (Å²) < 4.78 is 23.1. The van der Waals surface area contributed by atoms with Gasteiger partial charge in [-0.05, 0) is 17.7 Å². The largest absolute Gasteiger partial charge is 0.390 e. The molecule has 0 aliphatic rings. The van der Waals surface area contributed by atoms with Crippen LogP contribution in [-0.2, 0) is 16.4 Å². The first-order chi connectivity index (χ1) is 11.0. The van der Waals surface area contributed by atoms with Crippen LogP contribution in [-0.4, -0.2) is 30.0 Å². The summed E-state index contributed by atoms with van der Waals surface area (Å²) in [5.74, 6) is 0. The van der Waals surface area contributed by atoms with Crippen LogP contribution in [0.15, 0.2) is 59.5 Å². The maximum absolute atomic E-state index is 11.6. The van der Waals surface area contributed by atoms with Crippen molar-refractivity contribution in [3.63, 3.8) is 0 Å². The summed E-state index contributed by atoms with van der Waals surface area (Å²) in [6, 6.07) is 16.2. The maximum atomic E-state index is 11.6. The van der Waals surface area contributed by atoms with Crippen LogP contribution in [0.5, 0.6) is 0 Å². The number of benzene rings is 2. The van der Waals surface area contributed by atoms with Crippen molar-refractivity contribution >= 4 is 9.84 Å². The van der Waals surface area contributed by atoms with E-state index >= 15 is 0 Å². The third kappa shape index (κ3) is 3.04. The van der Waals surface area contributed by atoms with Crippen LogP contribution in [0.4, 0.5) is 0 Å². The van der Waals surface area contributed by atoms with Crippen molar-refractivity contribution in [2.24, 2.45) is 0 Å². The fraction of sp³-hybridized carbons (Fsp3) is 0.118. The molecular formula is C17H16N2O3S. The topological polar surface area (TPSA) is 83.0 Å². The Bertz CT molecular complexity index is 914. The molecule has 3 rings (SSSR count). The van der Waals surface area contributed by atoms with Gasteiger partial charge in [-0.3, -0.25) is 5.10 Å². The van der Waals surface area contributed by atoms with Gasteiger partial charge >= 0.3 is 0 Å². The van der Waals surface area contributed by atoms with Crippen molar-refractivity contribution in [3.8, 4) is 22.4 Å². The quantitative estimate of drug-likeness (QED) is 0.771. The summed E-state index contributed by atoms with van der Waals surface area (Å²) >= 11 is 0. The highest BCUT2D eigenvalue weighted by molar-refractivity contribution is 7.90. The lowest BCUT2D eigenvalue weighted by atomic mass is 9.99. The number of sulfone groups is 1. The first-order valence-electron chi connectivity index (χ1n) is 7.04. The second-order valence-electron chi connectivity index (χ2n) is 5.25. The molecule has 3 aromatic rings. The van der Waals surface area contributed by atoms with Gasteiger partial charge in [0.15, 0.2) is 9.84 Å². The van der Waals surface area contributed by atoms with E-state index in [1.54, 1.807) is 24.3 Å². The van der Waals surface area contributed by atoms with Crippen LogP contribution >= 0.6 is 0 Å². The Labute approximate surface area is 134 Å². The molecule has 0 saturated heterocycles. The molecule has 0 amide bonds. The van der Waals surface area contributed by atoms with Crippen LogP contribution in [0.1, 0.15) is 5.69 Å². The molecule has 0 fully saturated rings. The van der Waals surface area contributed by atoms with E-state index in [9.17, 15) is 13.5 Å². The zero-order valence-electron chi connectivity index (χ0n) is 12.5. The number of aromatic nitrogens is 2. The van der Waals surface area contributed by atoms with Gasteiger partial charge in [-0.15, -0.1) is 0 Å². The molecule has 6 heteroatoms. The maximum Gasteiger partial charge on any atom is 0.175 e. The lowest BCUT2D eigenvalue weighted by molar-refractivity contribution is 0.277. The first-order valence-corrected chi connectivity index (χ1v) is 8.94. The molecule has 0 spiro atoms. The second kappa shape index (κ2) is 5.98. The molecule has 23 heavy (non-hydrogen) atoms. The Morgan fingerprint density at radius 2 is 1.65 bits per heavy atom. The van der Waals surface area contributed by atoms with E-state index in [0.29, 0.717) is 11.4 Å². The van der Waals surface area contributed by atoms with Crippen molar-refractivity contribution in [2.75, 3.05) is 6.26 Å². The number of aliphatic hydroxyl groups excluding tert-OH is 1. The summed E-state index contributed by atoms with van der Waals surface area (Å²) in [7, 11) is -3.23. The molecule has 0 bridgehead atoms. The van der Waals surface area contributed by atoms with Gasteiger partial charge in [-0.25, -0.2) is 8.42 Å². The van der Waals surface area contributed by atoms with E-state index in [0.717, 1.165) is 16.7 Å². The number of hydrogen-bond donors (Lipinski definition) is 2. The summed E-state index contributed by atoms with van der Waals surface area (Å²) in [6.45, 7) is -0.154. The lowest BCUT2D eigenvalue weighted by Crippen LogP contribution is -1.96. The predicted octanol–water partition coefficient (Wildman–Crippen LogP) is 2.64. The fourth-order valence-electron chi connectivity index (χ4n) is 2.48. The molecule has 1 heterocycles. The first kappa shape index (κ1) is 15.5. The molecule has 0 aliphatic heterocycles. The van der Waals surface area contributed by atoms with Crippen LogP contribution in [0.2, 0.25) is 0 Å². The van der Waals surface area contributed by atoms with E-state index < -0.39 is 9.84 Å². The highest BCUT2D eigenvalue weighted by Gasteiger charge is 2.16. The van der Waals surface area contributed by atoms with E-state index in [4.69, 9.17) is 0 Å². The summed E-state index contributed by atoms with van der Waals surface area (Å²) in [4.78, 5) is 0.264. The minimum absolute atomic E-state index is 0.154. The number of rotatable bonds is 4. The zero-order valence-corrected chi connectivity index (χ0v) is 13.3. The third-order valence-corrected chi connectivity index (χ3v) is 4.75. The number of hydrogen-bond acceptors (Lipinski definition) is 4. The highest BCUT2D eigenvalue weighted by Crippen LogP contribution is 2.33. The molecule has 0 atom stereocenters. The van der Waals surface area contributed by atoms with Crippen molar-refractivity contribution < 1.29 is 13.5 Å². The van der Waals surface area contributed by atoms with Gasteiger partial charge in [0, 0.05) is 17.4 Å².